The van der Waals surface area contributed by atoms with Crippen molar-refractivity contribution >= 4 is 5.91 Å². The number of aliphatic hydroxyl groups is 1. The summed E-state index contributed by atoms with van der Waals surface area (Å²) in [5.74, 6) is 4.35. The number of hydrogen-bond acceptors (Lipinski definition) is 3. The van der Waals surface area contributed by atoms with Gasteiger partial charge in [0.25, 0.3) is 5.91 Å². The fraction of sp³-hybridized carbons (Fsp3) is 0.429. The highest BCUT2D eigenvalue weighted by Gasteiger charge is 2.64. The highest BCUT2D eigenvalue weighted by molar-refractivity contribution is 5.95. The van der Waals surface area contributed by atoms with Gasteiger partial charge in [0.05, 0.1) is 12.2 Å². The molecule has 1 aromatic rings. The lowest BCUT2D eigenvalue weighted by Gasteiger charge is -2.20. The van der Waals surface area contributed by atoms with E-state index in [0.29, 0.717) is 0 Å². The van der Waals surface area contributed by atoms with Crippen molar-refractivity contribution in [2.24, 2.45) is 0 Å². The molecule has 1 saturated carbocycles. The van der Waals surface area contributed by atoms with Gasteiger partial charge in [0.15, 0.2) is 0 Å². The fourth-order valence-corrected chi connectivity index (χ4v) is 1.78. The Morgan fingerprint density at radius 1 is 1.48 bits per heavy atom. The quantitative estimate of drug-likeness (QED) is 0.834. The number of hydrogen-bond donors (Lipinski definition) is 2. The maximum absolute atomic E-state index is 12.8. The largest absolute Gasteiger partial charge is 0.411 e. The van der Waals surface area contributed by atoms with Gasteiger partial charge in [0.1, 0.15) is 11.2 Å². The van der Waals surface area contributed by atoms with Crippen molar-refractivity contribution in [1.82, 2.24) is 10.3 Å². The minimum absolute atomic E-state index is 0.124. The standard InChI is InChI=1S/C14H13F3N2O2/c15-14(16,17)13(6-7-13)19-12(21)11-10(4-1-2-9-20)5-3-8-18-11/h3,5,8,20H,2,6-7,9H2,(H,19,21). The lowest BCUT2D eigenvalue weighted by Crippen LogP contribution is -2.48. The number of carbonyl (C=O) groups is 1. The summed E-state index contributed by atoms with van der Waals surface area (Å²) < 4.78 is 38.5. The molecule has 0 radical (unpaired) electrons. The number of aromatic nitrogens is 1. The van der Waals surface area contributed by atoms with Crippen molar-refractivity contribution in [2.75, 3.05) is 6.61 Å². The molecular formula is C14H13F3N2O2. The summed E-state index contributed by atoms with van der Waals surface area (Å²) in [6.07, 6.45) is -3.19. The third-order valence-corrected chi connectivity index (χ3v) is 3.13. The minimum Gasteiger partial charge on any atom is -0.395 e. The van der Waals surface area contributed by atoms with Gasteiger partial charge >= 0.3 is 6.18 Å². The molecule has 7 heteroatoms. The molecule has 2 rings (SSSR count). The van der Waals surface area contributed by atoms with Gasteiger partial charge in [-0.3, -0.25) is 4.79 Å². The number of amides is 1. The summed E-state index contributed by atoms with van der Waals surface area (Å²) in [4.78, 5) is 15.8. The Balaban J connectivity index is 2.19. The van der Waals surface area contributed by atoms with Gasteiger partial charge in [0, 0.05) is 12.6 Å². The zero-order chi connectivity index (χ0) is 15.5. The highest BCUT2D eigenvalue weighted by Crippen LogP contribution is 2.49. The SMILES string of the molecule is O=C(NC1(C(F)(F)F)CC1)c1ncccc1C#CCCO. The Kier molecular flexibility index (Phi) is 4.19. The van der Waals surface area contributed by atoms with Crippen LogP contribution in [-0.2, 0) is 0 Å². The van der Waals surface area contributed by atoms with Gasteiger partial charge in [-0.15, -0.1) is 0 Å². The molecule has 0 atom stereocenters. The lowest BCUT2D eigenvalue weighted by atomic mass is 10.1. The monoisotopic (exact) mass is 298 g/mol. The van der Waals surface area contributed by atoms with Crippen molar-refractivity contribution < 1.29 is 23.1 Å². The molecule has 0 spiro atoms. The average Bonchev–Trinajstić information content (AvgIpc) is 3.20. The number of rotatable bonds is 3. The van der Waals surface area contributed by atoms with Crippen LogP contribution in [0.1, 0.15) is 35.3 Å². The molecule has 1 aliphatic rings. The van der Waals surface area contributed by atoms with Gasteiger partial charge < -0.3 is 10.4 Å². The first-order chi connectivity index (χ1) is 9.89. The topological polar surface area (TPSA) is 62.2 Å². The van der Waals surface area contributed by atoms with E-state index in [1.165, 1.54) is 18.3 Å². The summed E-state index contributed by atoms with van der Waals surface area (Å²) >= 11 is 0. The van der Waals surface area contributed by atoms with Crippen LogP contribution in [-0.4, -0.2) is 34.3 Å². The summed E-state index contributed by atoms with van der Waals surface area (Å²) in [6, 6.07) is 3.04. The van der Waals surface area contributed by atoms with Gasteiger partial charge in [-0.1, -0.05) is 11.8 Å². The number of nitrogens with zero attached hydrogens (tertiary/aromatic N) is 1. The molecule has 4 nitrogen and oxygen atoms in total. The van der Waals surface area contributed by atoms with Gasteiger partial charge in [0.2, 0.25) is 0 Å². The Bertz CT molecular complexity index is 598. The first-order valence-electron chi connectivity index (χ1n) is 6.34. The minimum atomic E-state index is -4.47. The van der Waals surface area contributed by atoms with E-state index in [0.717, 1.165) is 0 Å². The van der Waals surface area contributed by atoms with Crippen LogP contribution < -0.4 is 5.32 Å². The van der Waals surface area contributed by atoms with Crippen LogP contribution >= 0.6 is 0 Å². The van der Waals surface area contributed by atoms with Gasteiger partial charge in [-0.2, -0.15) is 13.2 Å². The number of aliphatic hydroxyl groups excluding tert-OH is 1. The maximum atomic E-state index is 12.8. The number of carbonyl (C=O) groups excluding carboxylic acids is 1. The molecule has 1 fully saturated rings. The van der Waals surface area contributed by atoms with Gasteiger partial charge in [-0.25, -0.2) is 4.98 Å². The smallest absolute Gasteiger partial charge is 0.395 e. The Labute approximate surface area is 119 Å². The molecule has 2 N–H and O–H groups in total. The highest BCUT2D eigenvalue weighted by atomic mass is 19.4. The lowest BCUT2D eigenvalue weighted by molar-refractivity contribution is -0.163. The Morgan fingerprint density at radius 3 is 2.76 bits per heavy atom. The zero-order valence-corrected chi connectivity index (χ0v) is 11.0. The van der Waals surface area contributed by atoms with Crippen LogP contribution in [0, 0.1) is 11.8 Å². The van der Waals surface area contributed by atoms with Crippen molar-refractivity contribution in [2.45, 2.75) is 31.0 Å². The van der Waals surface area contributed by atoms with Crippen molar-refractivity contribution in [3.8, 4) is 11.8 Å². The molecule has 1 aromatic heterocycles. The molecule has 0 saturated heterocycles. The second kappa shape index (κ2) is 5.74. The van der Waals surface area contributed by atoms with E-state index in [1.807, 2.05) is 5.32 Å². The molecule has 1 heterocycles. The predicted molar refractivity (Wildman–Crippen MR) is 68.3 cm³/mol. The van der Waals surface area contributed by atoms with E-state index in [1.54, 1.807) is 0 Å². The van der Waals surface area contributed by atoms with E-state index >= 15 is 0 Å². The average molecular weight is 298 g/mol. The summed E-state index contributed by atoms with van der Waals surface area (Å²) in [6.45, 7) is -0.133. The first kappa shape index (κ1) is 15.3. The Hall–Kier alpha value is -2.07. The molecule has 0 aliphatic heterocycles. The number of alkyl halides is 3. The molecule has 0 aromatic carbocycles. The van der Waals surface area contributed by atoms with Crippen molar-refractivity contribution in [3.63, 3.8) is 0 Å². The molecule has 112 valence electrons. The van der Waals surface area contributed by atoms with Crippen LogP contribution in [0.4, 0.5) is 13.2 Å². The molecule has 1 aliphatic carbocycles. The van der Waals surface area contributed by atoms with E-state index < -0.39 is 17.6 Å². The summed E-state index contributed by atoms with van der Waals surface area (Å²) in [7, 11) is 0. The van der Waals surface area contributed by atoms with Crippen LogP contribution in [0.2, 0.25) is 0 Å². The van der Waals surface area contributed by atoms with Crippen LogP contribution in [0.3, 0.4) is 0 Å². The Morgan fingerprint density at radius 2 is 2.19 bits per heavy atom. The maximum Gasteiger partial charge on any atom is 0.411 e. The molecule has 0 bridgehead atoms. The van der Waals surface area contributed by atoms with Crippen molar-refractivity contribution in [1.29, 1.82) is 0 Å². The number of halogens is 3. The normalized spacial score (nSPS) is 15.8. The number of pyridine rings is 1. The molecule has 21 heavy (non-hydrogen) atoms. The summed E-state index contributed by atoms with van der Waals surface area (Å²) in [5.41, 5.74) is -2.03. The van der Waals surface area contributed by atoms with Gasteiger partial charge in [-0.05, 0) is 25.0 Å². The zero-order valence-electron chi connectivity index (χ0n) is 11.0. The second-order valence-electron chi connectivity index (χ2n) is 4.71. The third-order valence-electron chi connectivity index (χ3n) is 3.13. The number of nitrogens with one attached hydrogen (secondary N) is 1. The summed E-state index contributed by atoms with van der Waals surface area (Å²) in [5, 5.41) is 10.7. The third kappa shape index (κ3) is 3.34. The van der Waals surface area contributed by atoms with Crippen LogP contribution in [0.25, 0.3) is 0 Å². The molecule has 0 unspecified atom stereocenters. The van der Waals surface area contributed by atoms with E-state index in [2.05, 4.69) is 16.8 Å². The predicted octanol–water partition coefficient (Wildman–Crippen LogP) is 1.64. The van der Waals surface area contributed by atoms with Crippen LogP contribution in [0.5, 0.6) is 0 Å². The fourth-order valence-electron chi connectivity index (χ4n) is 1.78. The molecular weight excluding hydrogens is 285 g/mol. The van der Waals surface area contributed by atoms with E-state index in [9.17, 15) is 18.0 Å². The first-order valence-corrected chi connectivity index (χ1v) is 6.34. The van der Waals surface area contributed by atoms with E-state index in [-0.39, 0.29) is 37.1 Å². The van der Waals surface area contributed by atoms with Crippen molar-refractivity contribution in [3.05, 3.63) is 29.6 Å². The van der Waals surface area contributed by atoms with Crippen LogP contribution in [0.15, 0.2) is 18.3 Å². The second-order valence-corrected chi connectivity index (χ2v) is 4.71. The molecule has 1 amide bonds. The van der Waals surface area contributed by atoms with E-state index in [4.69, 9.17) is 5.11 Å².